The van der Waals surface area contributed by atoms with Gasteiger partial charge in [-0.1, -0.05) is 129 Å². The first-order chi connectivity index (χ1) is 18.0. The number of carbonyl (C=O) groups is 3. The van der Waals surface area contributed by atoms with Gasteiger partial charge < -0.3 is 16.0 Å². The van der Waals surface area contributed by atoms with E-state index in [2.05, 4.69) is 29.8 Å². The largest absolute Gasteiger partial charge is 0.356 e. The molecule has 6 heteroatoms. The van der Waals surface area contributed by atoms with Gasteiger partial charge in [0.1, 0.15) is 6.04 Å². The summed E-state index contributed by atoms with van der Waals surface area (Å²) < 4.78 is 0. The third-order valence-corrected chi connectivity index (χ3v) is 7.04. The number of hydrogen-bond donors (Lipinski definition) is 3. The molecule has 0 saturated heterocycles. The van der Waals surface area contributed by atoms with E-state index < -0.39 is 6.04 Å². The summed E-state index contributed by atoms with van der Waals surface area (Å²) in [6.07, 6.45) is 25.8. The van der Waals surface area contributed by atoms with E-state index in [9.17, 15) is 14.4 Å². The van der Waals surface area contributed by atoms with Gasteiger partial charge in [0.2, 0.25) is 17.7 Å². The van der Waals surface area contributed by atoms with Crippen LogP contribution >= 0.6 is 0 Å². The zero-order valence-corrected chi connectivity index (χ0v) is 24.8. The van der Waals surface area contributed by atoms with Crippen LogP contribution in [0.5, 0.6) is 0 Å². The van der Waals surface area contributed by atoms with E-state index in [1.165, 1.54) is 110 Å². The summed E-state index contributed by atoms with van der Waals surface area (Å²) in [6, 6.07) is -0.649. The number of unbranched alkanes of at least 4 members (excludes halogenated alkanes) is 18. The molecule has 218 valence electrons. The molecule has 0 aliphatic carbocycles. The lowest BCUT2D eigenvalue weighted by Gasteiger charge is -2.17. The highest BCUT2D eigenvalue weighted by atomic mass is 16.2. The summed E-state index contributed by atoms with van der Waals surface area (Å²) >= 11 is 0. The molecule has 0 rings (SSSR count). The molecule has 0 aromatic rings. The predicted octanol–water partition coefficient (Wildman–Crippen LogP) is 7.35. The molecule has 6 nitrogen and oxygen atoms in total. The highest BCUT2D eigenvalue weighted by Gasteiger charge is 2.20. The molecular formula is C31H61N3O3. The molecule has 0 radical (unpaired) electrons. The van der Waals surface area contributed by atoms with E-state index >= 15 is 0 Å². The van der Waals surface area contributed by atoms with Gasteiger partial charge in [0.25, 0.3) is 0 Å². The van der Waals surface area contributed by atoms with Crippen molar-refractivity contribution in [3.63, 3.8) is 0 Å². The maximum absolute atomic E-state index is 12.6. The lowest BCUT2D eigenvalue weighted by molar-refractivity contribution is -0.129. The Kier molecular flexibility index (Phi) is 26.3. The van der Waals surface area contributed by atoms with Gasteiger partial charge in [-0.2, -0.15) is 0 Å². The highest BCUT2D eigenvalue weighted by molar-refractivity contribution is 5.87. The molecule has 0 bridgehead atoms. The van der Waals surface area contributed by atoms with Crippen molar-refractivity contribution in [3.8, 4) is 0 Å². The second-order valence-electron chi connectivity index (χ2n) is 10.8. The van der Waals surface area contributed by atoms with Crippen molar-refractivity contribution in [2.75, 3.05) is 13.1 Å². The molecular weight excluding hydrogens is 462 g/mol. The third-order valence-electron chi connectivity index (χ3n) is 7.04. The van der Waals surface area contributed by atoms with E-state index in [0.717, 1.165) is 25.7 Å². The van der Waals surface area contributed by atoms with Gasteiger partial charge >= 0.3 is 0 Å². The number of rotatable bonds is 27. The van der Waals surface area contributed by atoms with Crippen LogP contribution in [0.15, 0.2) is 0 Å². The minimum atomic E-state index is -0.649. The summed E-state index contributed by atoms with van der Waals surface area (Å²) in [6.45, 7) is 7.21. The molecule has 1 unspecified atom stereocenters. The van der Waals surface area contributed by atoms with Gasteiger partial charge in [-0.3, -0.25) is 14.4 Å². The topological polar surface area (TPSA) is 87.3 Å². The van der Waals surface area contributed by atoms with Crippen molar-refractivity contribution in [1.29, 1.82) is 0 Å². The van der Waals surface area contributed by atoms with Gasteiger partial charge in [0.15, 0.2) is 0 Å². The zero-order chi connectivity index (χ0) is 27.4. The van der Waals surface area contributed by atoms with Crippen LogP contribution in [0.25, 0.3) is 0 Å². The van der Waals surface area contributed by atoms with Crippen LogP contribution < -0.4 is 16.0 Å². The molecule has 3 N–H and O–H groups in total. The molecule has 1 atom stereocenters. The number of hydrogen-bond acceptors (Lipinski definition) is 3. The zero-order valence-electron chi connectivity index (χ0n) is 24.8. The van der Waals surface area contributed by atoms with E-state index in [4.69, 9.17) is 0 Å². The monoisotopic (exact) mass is 523 g/mol. The first-order valence-electron chi connectivity index (χ1n) is 15.8. The average Bonchev–Trinajstić information content (AvgIpc) is 2.87. The van der Waals surface area contributed by atoms with Crippen molar-refractivity contribution < 1.29 is 14.4 Å². The van der Waals surface area contributed by atoms with Crippen molar-refractivity contribution >= 4 is 17.7 Å². The highest BCUT2D eigenvalue weighted by Crippen LogP contribution is 2.11. The molecule has 0 fully saturated rings. The second-order valence-corrected chi connectivity index (χ2v) is 10.8. The first kappa shape index (κ1) is 35.4. The number of nitrogens with one attached hydrogen (secondary N) is 3. The van der Waals surface area contributed by atoms with Crippen LogP contribution in [0.2, 0.25) is 0 Å². The van der Waals surface area contributed by atoms with E-state index in [1.54, 1.807) is 0 Å². The Balaban J connectivity index is 3.83. The lowest BCUT2D eigenvalue weighted by atomic mass is 10.1. The standard InChI is InChI=1S/C31H61N3O3/c1-4-6-8-10-12-14-16-18-20-22-26-32-30(36)25-24-29(34-28(3)35)31(37)33-27-23-21-19-17-15-13-11-9-7-5-2/h29H,4-27H2,1-3H3,(H,32,36)(H,33,37)(H,34,35). The Bertz CT molecular complexity index is 554. The fourth-order valence-corrected chi connectivity index (χ4v) is 4.67. The molecule has 0 aromatic carbocycles. The minimum Gasteiger partial charge on any atom is -0.356 e. The fraction of sp³-hybridized carbons (Fsp3) is 0.903. The Morgan fingerprint density at radius 1 is 0.541 bits per heavy atom. The molecule has 37 heavy (non-hydrogen) atoms. The van der Waals surface area contributed by atoms with E-state index in [0.29, 0.717) is 19.5 Å². The van der Waals surface area contributed by atoms with Gasteiger partial charge in [0, 0.05) is 26.4 Å². The molecule has 0 heterocycles. The Labute approximate surface area is 229 Å². The molecule has 0 aliphatic heterocycles. The van der Waals surface area contributed by atoms with E-state index in [-0.39, 0.29) is 24.1 Å². The van der Waals surface area contributed by atoms with E-state index in [1.807, 2.05) is 0 Å². The molecule has 3 amide bonds. The van der Waals surface area contributed by atoms with Crippen LogP contribution in [-0.2, 0) is 14.4 Å². The summed E-state index contributed by atoms with van der Waals surface area (Å²) in [5.74, 6) is -0.479. The van der Waals surface area contributed by atoms with Gasteiger partial charge in [-0.25, -0.2) is 0 Å². The summed E-state index contributed by atoms with van der Waals surface area (Å²) in [7, 11) is 0. The van der Waals surface area contributed by atoms with Crippen LogP contribution in [0.4, 0.5) is 0 Å². The number of amides is 3. The van der Waals surface area contributed by atoms with Gasteiger partial charge in [-0.05, 0) is 19.3 Å². The first-order valence-corrected chi connectivity index (χ1v) is 15.8. The van der Waals surface area contributed by atoms with Crippen molar-refractivity contribution in [2.45, 2.75) is 168 Å². The van der Waals surface area contributed by atoms with Crippen LogP contribution in [0.1, 0.15) is 162 Å². The fourth-order valence-electron chi connectivity index (χ4n) is 4.67. The Morgan fingerprint density at radius 2 is 0.919 bits per heavy atom. The van der Waals surface area contributed by atoms with Crippen LogP contribution in [0.3, 0.4) is 0 Å². The van der Waals surface area contributed by atoms with Crippen LogP contribution in [-0.4, -0.2) is 36.9 Å². The molecule has 0 saturated carbocycles. The SMILES string of the molecule is CCCCCCCCCCCCNC(=O)CCC(NC(C)=O)C(=O)NCCCCCCCCCCCC. The molecule has 0 spiro atoms. The third kappa shape index (κ3) is 25.8. The number of carbonyl (C=O) groups excluding carboxylic acids is 3. The normalized spacial score (nSPS) is 11.8. The average molecular weight is 524 g/mol. The molecule has 0 aromatic heterocycles. The maximum Gasteiger partial charge on any atom is 0.242 e. The van der Waals surface area contributed by atoms with Crippen molar-refractivity contribution in [3.05, 3.63) is 0 Å². The van der Waals surface area contributed by atoms with Gasteiger partial charge in [0.05, 0.1) is 0 Å². The summed E-state index contributed by atoms with van der Waals surface area (Å²) in [4.78, 5) is 36.3. The summed E-state index contributed by atoms with van der Waals surface area (Å²) in [5.41, 5.74) is 0. The maximum atomic E-state index is 12.6. The van der Waals surface area contributed by atoms with Crippen molar-refractivity contribution in [1.82, 2.24) is 16.0 Å². The predicted molar refractivity (Wildman–Crippen MR) is 157 cm³/mol. The second kappa shape index (κ2) is 27.4. The minimum absolute atomic E-state index is 0.0474. The smallest absolute Gasteiger partial charge is 0.242 e. The Hall–Kier alpha value is -1.59. The lowest BCUT2D eigenvalue weighted by Crippen LogP contribution is -2.46. The Morgan fingerprint density at radius 3 is 1.32 bits per heavy atom. The van der Waals surface area contributed by atoms with Crippen LogP contribution in [0, 0.1) is 0 Å². The summed E-state index contributed by atoms with van der Waals surface area (Å²) in [5, 5.41) is 8.61. The molecule has 0 aliphatic rings. The van der Waals surface area contributed by atoms with Gasteiger partial charge in [-0.15, -0.1) is 0 Å². The van der Waals surface area contributed by atoms with Crippen molar-refractivity contribution in [2.24, 2.45) is 0 Å². The quantitative estimate of drug-likeness (QED) is 0.0984.